The number of likely N-dealkylation sites (tertiary alicyclic amines) is 1. The Morgan fingerprint density at radius 3 is 2.38 bits per heavy atom. The zero-order valence-electron chi connectivity index (χ0n) is 13.0. The third-order valence-electron chi connectivity index (χ3n) is 4.61. The minimum absolute atomic E-state index is 0.00918. The summed E-state index contributed by atoms with van der Waals surface area (Å²) in [6.07, 6.45) is 2.82. The molecule has 120 valence electrons. The molecule has 7 heteroatoms. The lowest BCUT2D eigenvalue weighted by Crippen LogP contribution is -2.51. The van der Waals surface area contributed by atoms with Gasteiger partial charge in [0.05, 0.1) is 5.25 Å². The van der Waals surface area contributed by atoms with Crippen LogP contribution in [0, 0.1) is 5.41 Å². The summed E-state index contributed by atoms with van der Waals surface area (Å²) in [5, 5.41) is -0.558. The summed E-state index contributed by atoms with van der Waals surface area (Å²) in [4.78, 5) is 26.2. The van der Waals surface area contributed by atoms with Crippen molar-refractivity contribution in [2.24, 2.45) is 5.41 Å². The molecule has 1 amide bonds. The largest absolute Gasteiger partial charge is 0.340 e. The van der Waals surface area contributed by atoms with Crippen molar-refractivity contribution in [1.82, 2.24) is 9.21 Å². The Kier molecular flexibility index (Phi) is 4.44. The van der Waals surface area contributed by atoms with Crippen molar-refractivity contribution in [2.75, 3.05) is 27.2 Å². The molecule has 1 heterocycles. The first-order chi connectivity index (χ1) is 9.75. The van der Waals surface area contributed by atoms with Crippen LogP contribution in [0.5, 0.6) is 0 Å². The maximum absolute atomic E-state index is 12.6. The van der Waals surface area contributed by atoms with Gasteiger partial charge in [-0.25, -0.2) is 12.7 Å². The molecule has 1 saturated carbocycles. The van der Waals surface area contributed by atoms with Gasteiger partial charge in [-0.15, -0.1) is 0 Å². The van der Waals surface area contributed by atoms with Crippen molar-refractivity contribution in [2.45, 2.75) is 44.3 Å². The van der Waals surface area contributed by atoms with Crippen LogP contribution in [0.4, 0.5) is 0 Å². The van der Waals surface area contributed by atoms with Gasteiger partial charge < -0.3 is 4.90 Å². The van der Waals surface area contributed by atoms with Crippen LogP contribution in [0.15, 0.2) is 0 Å². The highest BCUT2D eigenvalue weighted by molar-refractivity contribution is 7.89. The minimum Gasteiger partial charge on any atom is -0.340 e. The number of hydrogen-bond acceptors (Lipinski definition) is 4. The van der Waals surface area contributed by atoms with E-state index in [0.29, 0.717) is 38.6 Å². The van der Waals surface area contributed by atoms with Gasteiger partial charge in [0.15, 0.2) is 0 Å². The molecule has 2 aliphatic rings. The first-order valence-corrected chi connectivity index (χ1v) is 9.00. The van der Waals surface area contributed by atoms with Gasteiger partial charge in [-0.2, -0.15) is 0 Å². The van der Waals surface area contributed by atoms with Crippen LogP contribution in [0.2, 0.25) is 0 Å². The number of Topliss-reactive ketones (excluding diaryl/α,β-unsaturated/α-hetero) is 1. The van der Waals surface area contributed by atoms with Crippen molar-refractivity contribution in [3.8, 4) is 0 Å². The fraction of sp³-hybridized carbons (Fsp3) is 0.857. The number of hydrogen-bond donors (Lipinski definition) is 0. The maximum Gasteiger partial charge on any atom is 0.236 e. The van der Waals surface area contributed by atoms with Gasteiger partial charge in [0.2, 0.25) is 15.9 Å². The van der Waals surface area contributed by atoms with Crippen LogP contribution in [0.25, 0.3) is 0 Å². The van der Waals surface area contributed by atoms with Crippen LogP contribution in [0.3, 0.4) is 0 Å². The monoisotopic (exact) mass is 316 g/mol. The predicted molar refractivity (Wildman–Crippen MR) is 79.2 cm³/mol. The maximum atomic E-state index is 12.6. The van der Waals surface area contributed by atoms with E-state index in [1.165, 1.54) is 18.4 Å². The summed E-state index contributed by atoms with van der Waals surface area (Å²) in [6.45, 7) is 2.53. The first-order valence-electron chi connectivity index (χ1n) is 7.49. The second-order valence-electron chi connectivity index (χ2n) is 6.20. The van der Waals surface area contributed by atoms with Gasteiger partial charge in [-0.1, -0.05) is 6.92 Å². The van der Waals surface area contributed by atoms with E-state index in [-0.39, 0.29) is 18.2 Å². The lowest BCUT2D eigenvalue weighted by atomic mass is 9.96. The van der Waals surface area contributed by atoms with E-state index < -0.39 is 20.7 Å². The number of carbonyl (C=O) groups is 2. The van der Waals surface area contributed by atoms with Crippen molar-refractivity contribution < 1.29 is 18.0 Å². The lowest BCUT2D eigenvalue weighted by molar-refractivity contribution is -0.143. The van der Waals surface area contributed by atoms with Crippen LogP contribution in [-0.4, -0.2) is 61.7 Å². The Morgan fingerprint density at radius 1 is 1.29 bits per heavy atom. The Balaban J connectivity index is 2.12. The molecule has 0 N–H and O–H groups in total. The lowest BCUT2D eigenvalue weighted by Gasteiger charge is -2.35. The summed E-state index contributed by atoms with van der Waals surface area (Å²) < 4.78 is 25.7. The van der Waals surface area contributed by atoms with Crippen LogP contribution in [-0.2, 0) is 19.6 Å². The van der Waals surface area contributed by atoms with Gasteiger partial charge in [-0.05, 0) is 25.7 Å². The summed E-state index contributed by atoms with van der Waals surface area (Å²) in [7, 11) is -0.337. The highest BCUT2D eigenvalue weighted by atomic mass is 32.2. The smallest absolute Gasteiger partial charge is 0.236 e. The Hall–Kier alpha value is -0.950. The third-order valence-corrected chi connectivity index (χ3v) is 6.85. The molecule has 1 saturated heterocycles. The van der Waals surface area contributed by atoms with Crippen LogP contribution in [0.1, 0.15) is 39.0 Å². The molecular weight excluding hydrogens is 292 g/mol. The minimum atomic E-state index is -3.36. The summed E-state index contributed by atoms with van der Waals surface area (Å²) in [5.74, 6) is -0.168. The molecule has 6 nitrogen and oxygen atoms in total. The summed E-state index contributed by atoms with van der Waals surface area (Å²) in [5.41, 5.74) is -0.835. The molecule has 1 unspecified atom stereocenters. The number of sulfonamides is 1. The molecule has 0 aromatic carbocycles. The molecule has 0 bridgehead atoms. The van der Waals surface area contributed by atoms with Crippen molar-refractivity contribution >= 4 is 21.7 Å². The average Bonchev–Trinajstić information content (AvgIpc) is 3.27. The van der Waals surface area contributed by atoms with Gasteiger partial charge in [-0.3, -0.25) is 9.59 Å². The molecule has 1 aliphatic heterocycles. The molecule has 2 fully saturated rings. The first kappa shape index (κ1) is 16.4. The molecular formula is C14H24N2O4S. The van der Waals surface area contributed by atoms with Gasteiger partial charge in [0.1, 0.15) is 11.2 Å². The second-order valence-corrected chi connectivity index (χ2v) is 8.63. The van der Waals surface area contributed by atoms with Crippen molar-refractivity contribution in [1.29, 1.82) is 0 Å². The zero-order valence-corrected chi connectivity index (χ0v) is 13.8. The topological polar surface area (TPSA) is 74.8 Å². The molecule has 0 aromatic rings. The van der Waals surface area contributed by atoms with E-state index in [1.54, 1.807) is 11.8 Å². The van der Waals surface area contributed by atoms with E-state index >= 15 is 0 Å². The van der Waals surface area contributed by atoms with E-state index in [4.69, 9.17) is 0 Å². The molecule has 0 spiro atoms. The zero-order chi connectivity index (χ0) is 15.8. The van der Waals surface area contributed by atoms with Gasteiger partial charge >= 0.3 is 0 Å². The van der Waals surface area contributed by atoms with Crippen molar-refractivity contribution in [3.63, 3.8) is 0 Å². The predicted octanol–water partition coefficient (Wildman–Crippen LogP) is 0.628. The normalized spacial score (nSPS) is 25.0. The SMILES string of the molecule is CCC(=O)C1(C(=O)N2CCCC(S(=O)(=O)N(C)C)C2)CC1. The van der Waals surface area contributed by atoms with E-state index in [2.05, 4.69) is 0 Å². The van der Waals surface area contributed by atoms with E-state index in [0.717, 1.165) is 0 Å². The average molecular weight is 316 g/mol. The number of rotatable bonds is 5. The number of piperidine rings is 1. The number of carbonyl (C=O) groups excluding carboxylic acids is 2. The fourth-order valence-electron chi connectivity index (χ4n) is 3.04. The summed E-state index contributed by atoms with van der Waals surface area (Å²) >= 11 is 0. The van der Waals surface area contributed by atoms with Crippen molar-refractivity contribution in [3.05, 3.63) is 0 Å². The van der Waals surface area contributed by atoms with Crippen LogP contribution >= 0.6 is 0 Å². The number of nitrogens with zero attached hydrogens (tertiary/aromatic N) is 2. The number of ketones is 1. The Morgan fingerprint density at radius 2 is 1.90 bits per heavy atom. The standard InChI is InChI=1S/C14H24N2O4S/c1-4-12(17)14(7-8-14)13(18)16-9-5-6-11(10-16)21(19,20)15(2)3/h11H,4-10H2,1-3H3. The van der Waals surface area contributed by atoms with Gasteiger partial charge in [0, 0.05) is 33.6 Å². The Bertz CT molecular complexity index is 537. The molecule has 0 radical (unpaired) electrons. The van der Waals surface area contributed by atoms with Crippen LogP contribution < -0.4 is 0 Å². The van der Waals surface area contributed by atoms with E-state index in [9.17, 15) is 18.0 Å². The quantitative estimate of drug-likeness (QED) is 0.697. The van der Waals surface area contributed by atoms with E-state index in [1.807, 2.05) is 0 Å². The molecule has 21 heavy (non-hydrogen) atoms. The molecule has 0 aromatic heterocycles. The molecule has 1 atom stereocenters. The fourth-order valence-corrected chi connectivity index (χ4v) is 4.47. The summed E-state index contributed by atoms with van der Waals surface area (Å²) in [6, 6.07) is 0. The molecule has 2 rings (SSSR count). The number of amides is 1. The Labute approximate surface area is 126 Å². The second kappa shape index (κ2) is 5.68. The van der Waals surface area contributed by atoms with Gasteiger partial charge in [0.25, 0.3) is 0 Å². The highest BCUT2D eigenvalue weighted by Crippen LogP contribution is 2.49. The molecule has 1 aliphatic carbocycles. The highest BCUT2D eigenvalue weighted by Gasteiger charge is 2.57. The third kappa shape index (κ3) is 2.85.